The van der Waals surface area contributed by atoms with Crippen LogP contribution in [0.25, 0.3) is 10.8 Å². The van der Waals surface area contributed by atoms with E-state index in [-0.39, 0.29) is 11.6 Å². The van der Waals surface area contributed by atoms with Crippen molar-refractivity contribution in [2.45, 2.75) is 45.1 Å². The van der Waals surface area contributed by atoms with Gasteiger partial charge in [0.2, 0.25) is 0 Å². The Balaban J connectivity index is 2.02. The van der Waals surface area contributed by atoms with E-state index in [1.807, 2.05) is 34.9 Å². The third kappa shape index (κ3) is 2.21. The largest absolute Gasteiger partial charge is 0.385 e. The standard InChI is InChI=1S/C17H22N2O/c1-2-12-7-9-14(10-8-12)19-16(18)11-13-5-3-4-6-15(13)17(19)20/h3-6,11-12,14H,2,7-10,18H2,1H3. The first kappa shape index (κ1) is 13.2. The quantitative estimate of drug-likeness (QED) is 0.904. The number of hydrogen-bond acceptors (Lipinski definition) is 2. The molecule has 0 radical (unpaired) electrons. The minimum Gasteiger partial charge on any atom is -0.385 e. The molecule has 0 amide bonds. The van der Waals surface area contributed by atoms with Crippen LogP contribution in [0.2, 0.25) is 0 Å². The molecule has 0 saturated heterocycles. The van der Waals surface area contributed by atoms with Crippen LogP contribution >= 0.6 is 0 Å². The van der Waals surface area contributed by atoms with Crippen molar-refractivity contribution in [1.82, 2.24) is 4.57 Å². The van der Waals surface area contributed by atoms with E-state index in [9.17, 15) is 4.79 Å². The van der Waals surface area contributed by atoms with Crippen molar-refractivity contribution in [2.24, 2.45) is 5.92 Å². The Bertz CT molecular complexity index is 666. The summed E-state index contributed by atoms with van der Waals surface area (Å²) in [5, 5.41) is 1.72. The maximum Gasteiger partial charge on any atom is 0.260 e. The average Bonchev–Trinajstić information content (AvgIpc) is 2.48. The Morgan fingerprint density at radius 3 is 2.60 bits per heavy atom. The van der Waals surface area contributed by atoms with Gasteiger partial charge in [0.25, 0.3) is 5.56 Å². The Morgan fingerprint density at radius 2 is 1.90 bits per heavy atom. The molecule has 2 aromatic rings. The highest BCUT2D eigenvalue weighted by molar-refractivity contribution is 5.83. The Morgan fingerprint density at radius 1 is 1.20 bits per heavy atom. The van der Waals surface area contributed by atoms with Gasteiger partial charge in [0.05, 0.1) is 0 Å². The summed E-state index contributed by atoms with van der Waals surface area (Å²) in [6.07, 6.45) is 5.80. The van der Waals surface area contributed by atoms with E-state index in [0.29, 0.717) is 5.82 Å². The van der Waals surface area contributed by atoms with E-state index in [0.717, 1.165) is 29.5 Å². The second-order valence-corrected chi connectivity index (χ2v) is 5.91. The second kappa shape index (κ2) is 5.31. The molecule has 3 heteroatoms. The van der Waals surface area contributed by atoms with Crippen molar-refractivity contribution in [3.63, 3.8) is 0 Å². The highest BCUT2D eigenvalue weighted by Crippen LogP contribution is 2.34. The van der Waals surface area contributed by atoms with Gasteiger partial charge >= 0.3 is 0 Å². The molecule has 106 valence electrons. The van der Waals surface area contributed by atoms with Gasteiger partial charge in [-0.2, -0.15) is 0 Å². The Hall–Kier alpha value is -1.77. The SMILES string of the molecule is CCC1CCC(n2c(N)cc3ccccc3c2=O)CC1. The number of nitrogens with zero attached hydrogens (tertiary/aromatic N) is 1. The van der Waals surface area contributed by atoms with Gasteiger partial charge in [0.1, 0.15) is 5.82 Å². The summed E-state index contributed by atoms with van der Waals surface area (Å²) < 4.78 is 1.83. The van der Waals surface area contributed by atoms with E-state index < -0.39 is 0 Å². The number of rotatable bonds is 2. The number of benzene rings is 1. The maximum absolute atomic E-state index is 12.7. The lowest BCUT2D eigenvalue weighted by atomic mass is 9.84. The molecule has 3 nitrogen and oxygen atoms in total. The van der Waals surface area contributed by atoms with Crippen LogP contribution in [0.15, 0.2) is 35.1 Å². The first-order valence-electron chi connectivity index (χ1n) is 7.60. The number of fused-ring (bicyclic) bond motifs is 1. The van der Waals surface area contributed by atoms with Crippen LogP contribution in [0.1, 0.15) is 45.1 Å². The van der Waals surface area contributed by atoms with Crippen molar-refractivity contribution in [3.05, 3.63) is 40.7 Å². The minimum atomic E-state index is 0.0700. The van der Waals surface area contributed by atoms with Gasteiger partial charge in [0, 0.05) is 11.4 Å². The zero-order valence-corrected chi connectivity index (χ0v) is 12.0. The van der Waals surface area contributed by atoms with E-state index in [1.165, 1.54) is 19.3 Å². The molecular weight excluding hydrogens is 248 g/mol. The molecule has 1 aliphatic carbocycles. The minimum absolute atomic E-state index is 0.0700. The molecule has 1 heterocycles. The number of hydrogen-bond donors (Lipinski definition) is 1. The van der Waals surface area contributed by atoms with E-state index in [1.54, 1.807) is 0 Å². The zero-order valence-electron chi connectivity index (χ0n) is 12.0. The summed E-state index contributed by atoms with van der Waals surface area (Å²) in [5.74, 6) is 1.43. The van der Waals surface area contributed by atoms with Crippen molar-refractivity contribution in [2.75, 3.05) is 5.73 Å². The van der Waals surface area contributed by atoms with Crippen molar-refractivity contribution in [1.29, 1.82) is 0 Å². The number of nitrogens with two attached hydrogens (primary N) is 1. The predicted octanol–water partition coefficient (Wildman–Crippen LogP) is 3.73. The lowest BCUT2D eigenvalue weighted by Gasteiger charge is -2.30. The summed E-state index contributed by atoms with van der Waals surface area (Å²) in [6.45, 7) is 2.25. The van der Waals surface area contributed by atoms with Gasteiger partial charge in [-0.3, -0.25) is 9.36 Å². The normalized spacial score (nSPS) is 23.1. The first-order chi connectivity index (χ1) is 9.70. The second-order valence-electron chi connectivity index (χ2n) is 5.91. The summed E-state index contributed by atoms with van der Waals surface area (Å²) in [6, 6.07) is 9.91. The van der Waals surface area contributed by atoms with Gasteiger partial charge in [-0.1, -0.05) is 31.5 Å². The molecule has 20 heavy (non-hydrogen) atoms. The highest BCUT2D eigenvalue weighted by atomic mass is 16.1. The van der Waals surface area contributed by atoms with Crippen LogP contribution in [-0.4, -0.2) is 4.57 Å². The molecular formula is C17H22N2O. The van der Waals surface area contributed by atoms with Crippen LogP contribution in [0.3, 0.4) is 0 Å². The summed E-state index contributed by atoms with van der Waals surface area (Å²) in [5.41, 5.74) is 6.22. The summed E-state index contributed by atoms with van der Waals surface area (Å²) >= 11 is 0. The number of pyridine rings is 1. The molecule has 1 aromatic carbocycles. The summed E-state index contributed by atoms with van der Waals surface area (Å²) in [4.78, 5) is 12.7. The van der Waals surface area contributed by atoms with Crippen LogP contribution in [-0.2, 0) is 0 Å². The molecule has 0 spiro atoms. The van der Waals surface area contributed by atoms with E-state index >= 15 is 0 Å². The Kier molecular flexibility index (Phi) is 3.51. The maximum atomic E-state index is 12.7. The van der Waals surface area contributed by atoms with Crippen LogP contribution in [0.4, 0.5) is 5.82 Å². The average molecular weight is 270 g/mol. The molecule has 2 N–H and O–H groups in total. The number of anilines is 1. The fraction of sp³-hybridized carbons (Fsp3) is 0.471. The first-order valence-corrected chi connectivity index (χ1v) is 7.60. The van der Waals surface area contributed by atoms with Gasteiger partial charge < -0.3 is 5.73 Å². The predicted molar refractivity (Wildman–Crippen MR) is 83.9 cm³/mol. The third-order valence-corrected chi connectivity index (χ3v) is 4.75. The Labute approximate surface area is 119 Å². The van der Waals surface area contributed by atoms with E-state index in [2.05, 4.69) is 6.92 Å². The van der Waals surface area contributed by atoms with Gasteiger partial charge in [-0.25, -0.2) is 0 Å². The van der Waals surface area contributed by atoms with Gasteiger partial charge in [-0.15, -0.1) is 0 Å². The fourth-order valence-corrected chi connectivity index (χ4v) is 3.48. The molecule has 1 fully saturated rings. The van der Waals surface area contributed by atoms with Crippen molar-refractivity contribution >= 4 is 16.6 Å². The molecule has 0 aliphatic heterocycles. The van der Waals surface area contributed by atoms with Crippen molar-refractivity contribution < 1.29 is 0 Å². The molecule has 0 unspecified atom stereocenters. The highest BCUT2D eigenvalue weighted by Gasteiger charge is 2.23. The number of aromatic nitrogens is 1. The molecule has 0 bridgehead atoms. The summed E-state index contributed by atoms with van der Waals surface area (Å²) in [7, 11) is 0. The van der Waals surface area contributed by atoms with Crippen LogP contribution in [0.5, 0.6) is 0 Å². The lowest BCUT2D eigenvalue weighted by molar-refractivity contribution is 0.268. The monoisotopic (exact) mass is 270 g/mol. The van der Waals surface area contributed by atoms with Gasteiger partial charge in [0.15, 0.2) is 0 Å². The third-order valence-electron chi connectivity index (χ3n) is 4.75. The van der Waals surface area contributed by atoms with Crippen LogP contribution < -0.4 is 11.3 Å². The topological polar surface area (TPSA) is 48.0 Å². The molecule has 1 saturated carbocycles. The fourth-order valence-electron chi connectivity index (χ4n) is 3.48. The molecule has 0 atom stereocenters. The van der Waals surface area contributed by atoms with Crippen LogP contribution in [0, 0.1) is 5.92 Å². The zero-order chi connectivity index (χ0) is 14.1. The molecule has 1 aromatic heterocycles. The van der Waals surface area contributed by atoms with Gasteiger partial charge in [-0.05, 0) is 49.1 Å². The smallest absolute Gasteiger partial charge is 0.260 e. The van der Waals surface area contributed by atoms with E-state index in [4.69, 9.17) is 5.73 Å². The number of nitrogen functional groups attached to an aromatic ring is 1. The van der Waals surface area contributed by atoms with Crippen molar-refractivity contribution in [3.8, 4) is 0 Å². The molecule has 1 aliphatic rings. The molecule has 3 rings (SSSR count). The lowest BCUT2D eigenvalue weighted by Crippen LogP contribution is -2.30.